The fourth-order valence-corrected chi connectivity index (χ4v) is 3.45. The van der Waals surface area contributed by atoms with E-state index in [2.05, 4.69) is 25.7 Å². The number of benzene rings is 1. The number of nitrogens with one attached hydrogen (secondary N) is 1. The van der Waals surface area contributed by atoms with E-state index in [1.54, 1.807) is 13.0 Å². The topological polar surface area (TPSA) is 93.8 Å². The molecule has 3 heterocycles. The molecule has 0 atom stereocenters. The summed E-state index contributed by atoms with van der Waals surface area (Å²) in [6, 6.07) is 11.4. The van der Waals surface area contributed by atoms with Gasteiger partial charge in [0.05, 0.1) is 22.3 Å². The second-order valence-electron chi connectivity index (χ2n) is 6.42. The Bertz CT molecular complexity index is 1120. The molecule has 136 valence electrons. The molecule has 1 aromatic carbocycles. The summed E-state index contributed by atoms with van der Waals surface area (Å²) >= 11 is 1.37. The van der Waals surface area contributed by atoms with Crippen LogP contribution < -0.4 is 5.32 Å². The van der Waals surface area contributed by atoms with Gasteiger partial charge in [-0.15, -0.1) is 10.2 Å². The molecule has 3 aromatic heterocycles. The summed E-state index contributed by atoms with van der Waals surface area (Å²) in [6.07, 6.45) is 0. The summed E-state index contributed by atoms with van der Waals surface area (Å²) in [7, 11) is 0. The molecule has 0 fully saturated rings. The minimum absolute atomic E-state index is 0.255. The van der Waals surface area contributed by atoms with Crippen LogP contribution in [0.25, 0.3) is 22.4 Å². The summed E-state index contributed by atoms with van der Waals surface area (Å²) in [4.78, 5) is 17.5. The van der Waals surface area contributed by atoms with Gasteiger partial charge in [-0.25, -0.2) is 4.98 Å². The van der Waals surface area contributed by atoms with Gasteiger partial charge in [-0.2, -0.15) is 0 Å². The Hall–Kier alpha value is -3.13. The molecule has 0 spiro atoms. The number of nitrogens with zero attached hydrogens (tertiary/aromatic N) is 4. The standard InChI is InChI=1S/C19H17N5O2S/c1-10(2)18-22-23-19(27-18)21-16(25)13-9-14(12-7-5-4-6-8-12)20-17-15(13)11(3)24-26-17/h4-10H,1-3H3,(H,21,23,25). The zero-order valence-electron chi connectivity index (χ0n) is 15.1. The van der Waals surface area contributed by atoms with Crippen LogP contribution in [-0.4, -0.2) is 26.2 Å². The van der Waals surface area contributed by atoms with Crippen molar-refractivity contribution < 1.29 is 9.32 Å². The van der Waals surface area contributed by atoms with E-state index in [4.69, 9.17) is 4.52 Å². The molecule has 1 N–H and O–H groups in total. The maximum absolute atomic E-state index is 13.0. The molecule has 0 saturated carbocycles. The molecule has 0 aliphatic heterocycles. The Morgan fingerprint density at radius 3 is 2.67 bits per heavy atom. The Kier molecular flexibility index (Phi) is 4.41. The number of carbonyl (C=O) groups is 1. The van der Waals surface area contributed by atoms with Gasteiger partial charge in [0, 0.05) is 11.5 Å². The number of carbonyl (C=O) groups excluding carboxylic acids is 1. The molecule has 4 aromatic rings. The summed E-state index contributed by atoms with van der Waals surface area (Å²) < 4.78 is 5.32. The average molecular weight is 379 g/mol. The van der Waals surface area contributed by atoms with E-state index in [1.807, 2.05) is 44.2 Å². The number of hydrogen-bond acceptors (Lipinski definition) is 7. The lowest BCUT2D eigenvalue weighted by Gasteiger charge is -2.06. The molecule has 7 nitrogen and oxygen atoms in total. The fraction of sp³-hybridized carbons (Fsp3) is 0.211. The maximum Gasteiger partial charge on any atom is 0.259 e. The van der Waals surface area contributed by atoms with Gasteiger partial charge in [0.15, 0.2) is 0 Å². The largest absolute Gasteiger partial charge is 0.335 e. The minimum atomic E-state index is -0.294. The highest BCUT2D eigenvalue weighted by atomic mass is 32.1. The van der Waals surface area contributed by atoms with Crippen LogP contribution in [0.3, 0.4) is 0 Å². The SMILES string of the molecule is Cc1noc2nc(-c3ccccc3)cc(C(=O)Nc3nnc(C(C)C)s3)c12. The summed E-state index contributed by atoms with van der Waals surface area (Å²) in [5, 5.41) is 16.9. The lowest BCUT2D eigenvalue weighted by atomic mass is 10.1. The predicted molar refractivity (Wildman–Crippen MR) is 104 cm³/mol. The van der Waals surface area contributed by atoms with E-state index in [9.17, 15) is 4.79 Å². The van der Waals surface area contributed by atoms with Crippen LogP contribution in [0.15, 0.2) is 40.9 Å². The number of hydrogen-bond donors (Lipinski definition) is 1. The van der Waals surface area contributed by atoms with Crippen molar-refractivity contribution in [2.45, 2.75) is 26.7 Å². The first-order valence-electron chi connectivity index (χ1n) is 8.50. The van der Waals surface area contributed by atoms with Gasteiger partial charge in [-0.05, 0) is 13.0 Å². The van der Waals surface area contributed by atoms with Crippen molar-refractivity contribution >= 4 is 33.5 Å². The van der Waals surface area contributed by atoms with Crippen LogP contribution in [0.2, 0.25) is 0 Å². The third kappa shape index (κ3) is 3.31. The van der Waals surface area contributed by atoms with Crippen LogP contribution in [0.5, 0.6) is 0 Å². The first kappa shape index (κ1) is 17.3. The van der Waals surface area contributed by atoms with Crippen LogP contribution in [-0.2, 0) is 0 Å². The van der Waals surface area contributed by atoms with Gasteiger partial charge in [-0.3, -0.25) is 10.1 Å². The van der Waals surface area contributed by atoms with Gasteiger partial charge < -0.3 is 4.52 Å². The quantitative estimate of drug-likeness (QED) is 0.564. The van der Waals surface area contributed by atoms with Gasteiger partial charge in [0.25, 0.3) is 11.6 Å². The Morgan fingerprint density at radius 1 is 1.19 bits per heavy atom. The number of aromatic nitrogens is 4. The lowest BCUT2D eigenvalue weighted by molar-refractivity contribution is 0.102. The zero-order valence-corrected chi connectivity index (χ0v) is 15.9. The molecule has 0 saturated heterocycles. The van der Waals surface area contributed by atoms with Crippen LogP contribution in [0, 0.1) is 6.92 Å². The number of fused-ring (bicyclic) bond motifs is 1. The summed E-state index contributed by atoms with van der Waals surface area (Å²) in [6.45, 7) is 5.85. The molecule has 0 aliphatic rings. The number of amides is 1. The second kappa shape index (κ2) is 6.88. The molecule has 27 heavy (non-hydrogen) atoms. The van der Waals surface area contributed by atoms with E-state index >= 15 is 0 Å². The Morgan fingerprint density at radius 2 is 1.96 bits per heavy atom. The van der Waals surface area contributed by atoms with Crippen molar-refractivity contribution in [2.75, 3.05) is 5.32 Å². The Balaban J connectivity index is 1.76. The predicted octanol–water partition coefficient (Wildman–Crippen LogP) is 4.43. The molecular weight excluding hydrogens is 362 g/mol. The van der Waals surface area contributed by atoms with Crippen molar-refractivity contribution in [3.63, 3.8) is 0 Å². The highest BCUT2D eigenvalue weighted by molar-refractivity contribution is 7.15. The first-order valence-corrected chi connectivity index (χ1v) is 9.32. The van der Waals surface area contributed by atoms with Crippen molar-refractivity contribution in [3.05, 3.63) is 52.7 Å². The number of rotatable bonds is 4. The average Bonchev–Trinajstić information content (AvgIpc) is 3.29. The maximum atomic E-state index is 13.0. The fourth-order valence-electron chi connectivity index (χ4n) is 2.71. The van der Waals surface area contributed by atoms with Crippen LogP contribution in [0.1, 0.15) is 40.8 Å². The smallest absolute Gasteiger partial charge is 0.259 e. The molecular formula is C19H17N5O2S. The number of pyridine rings is 1. The van der Waals surface area contributed by atoms with Crippen molar-refractivity contribution in [3.8, 4) is 11.3 Å². The molecule has 0 unspecified atom stereocenters. The molecule has 4 rings (SSSR count). The molecule has 1 amide bonds. The lowest BCUT2D eigenvalue weighted by Crippen LogP contribution is -2.13. The van der Waals surface area contributed by atoms with E-state index in [1.165, 1.54) is 11.3 Å². The molecule has 0 radical (unpaired) electrons. The highest BCUT2D eigenvalue weighted by Gasteiger charge is 2.20. The monoisotopic (exact) mass is 379 g/mol. The van der Waals surface area contributed by atoms with Gasteiger partial charge in [0.2, 0.25) is 5.13 Å². The molecule has 8 heteroatoms. The highest BCUT2D eigenvalue weighted by Crippen LogP contribution is 2.28. The van der Waals surface area contributed by atoms with Gasteiger partial charge >= 0.3 is 0 Å². The van der Waals surface area contributed by atoms with Crippen LogP contribution >= 0.6 is 11.3 Å². The zero-order chi connectivity index (χ0) is 19.0. The second-order valence-corrected chi connectivity index (χ2v) is 7.43. The van der Waals surface area contributed by atoms with Crippen LogP contribution in [0.4, 0.5) is 5.13 Å². The minimum Gasteiger partial charge on any atom is -0.335 e. The third-order valence-corrected chi connectivity index (χ3v) is 5.23. The third-order valence-electron chi connectivity index (χ3n) is 4.09. The summed E-state index contributed by atoms with van der Waals surface area (Å²) in [5.41, 5.74) is 2.92. The molecule has 0 bridgehead atoms. The molecule has 0 aliphatic carbocycles. The number of anilines is 1. The van der Waals surface area contributed by atoms with E-state index in [0.717, 1.165) is 10.6 Å². The van der Waals surface area contributed by atoms with Crippen molar-refractivity contribution in [1.82, 2.24) is 20.3 Å². The van der Waals surface area contributed by atoms with Gasteiger partial charge in [-0.1, -0.05) is 60.7 Å². The Labute approximate surface area is 159 Å². The van der Waals surface area contributed by atoms with Crippen molar-refractivity contribution in [1.29, 1.82) is 0 Å². The van der Waals surface area contributed by atoms with Gasteiger partial charge in [0.1, 0.15) is 5.01 Å². The van der Waals surface area contributed by atoms with Crippen molar-refractivity contribution in [2.24, 2.45) is 0 Å². The van der Waals surface area contributed by atoms with E-state index in [0.29, 0.717) is 33.2 Å². The summed E-state index contributed by atoms with van der Waals surface area (Å²) in [5.74, 6) is -0.0388. The first-order chi connectivity index (χ1) is 13.0. The number of aryl methyl sites for hydroxylation is 1. The van der Waals surface area contributed by atoms with E-state index < -0.39 is 0 Å². The normalized spacial score (nSPS) is 11.3. The van der Waals surface area contributed by atoms with E-state index in [-0.39, 0.29) is 11.8 Å².